The van der Waals surface area contributed by atoms with Gasteiger partial charge in [-0.25, -0.2) is 0 Å². The second-order valence-electron chi connectivity index (χ2n) is 28.5. The Kier molecular flexibility index (Phi) is 68.0. The number of carbonyl (C=O) groups is 2. The second-order valence-corrected chi connectivity index (χ2v) is 28.5. The lowest BCUT2D eigenvalue weighted by Crippen LogP contribution is -2.60. The van der Waals surface area contributed by atoms with E-state index in [2.05, 4.69) is 43.5 Å². The van der Waals surface area contributed by atoms with Crippen molar-refractivity contribution in [3.05, 3.63) is 36.5 Å². The first kappa shape index (κ1) is 88.9. The van der Waals surface area contributed by atoms with Crippen LogP contribution in [0.25, 0.3) is 0 Å². The number of carbonyl (C=O) groups excluding carboxylic acids is 2. The summed E-state index contributed by atoms with van der Waals surface area (Å²) in [6.45, 7) is 4.38. The van der Waals surface area contributed by atoms with Crippen molar-refractivity contribution in [1.29, 1.82) is 0 Å². The maximum Gasteiger partial charge on any atom is 0.305 e. The zero-order valence-corrected chi connectivity index (χ0v) is 61.2. The molecule has 11 nitrogen and oxygen atoms in total. The van der Waals surface area contributed by atoms with Gasteiger partial charge in [-0.05, 0) is 70.6 Å². The lowest BCUT2D eigenvalue weighted by Gasteiger charge is -2.40. The predicted octanol–water partition coefficient (Wildman–Crippen LogP) is 22.1. The summed E-state index contributed by atoms with van der Waals surface area (Å²) in [7, 11) is 0. The summed E-state index contributed by atoms with van der Waals surface area (Å²) in [4.78, 5) is 25.2. The zero-order chi connectivity index (χ0) is 67.2. The standard InChI is InChI=1S/C82H155NO10/c1-3-5-7-9-11-13-15-44-48-52-56-60-64-68-75(85)74(73-92-82-81(90)80(89)79(88)76(72-84)93-82)83-77(86)69-65-61-57-53-49-46-42-40-38-36-34-32-30-28-26-24-22-20-18-17-19-21-23-25-27-29-31-33-35-37-39-41-43-47-51-55-59-63-67-71-91-78(87)70-66-62-58-54-50-45-16-14-12-10-8-6-4-2/h17-18,48,52,64,68,74-76,79-82,84-85,88-90H,3-16,19-47,49-51,53-63,65-67,69-73H2,1-2H3,(H,83,86)/b18-17-,52-48+,68-64+. The Bertz CT molecular complexity index is 1640. The minimum atomic E-state index is -1.57. The van der Waals surface area contributed by atoms with E-state index in [0.29, 0.717) is 19.4 Å². The molecule has 1 aliphatic rings. The van der Waals surface area contributed by atoms with E-state index in [-0.39, 0.29) is 18.5 Å². The number of amides is 1. The van der Waals surface area contributed by atoms with Gasteiger partial charge in [0.05, 0.1) is 32.0 Å². The van der Waals surface area contributed by atoms with Crippen molar-refractivity contribution in [2.75, 3.05) is 19.8 Å². The summed E-state index contributed by atoms with van der Waals surface area (Å²) in [5.41, 5.74) is 0. The van der Waals surface area contributed by atoms with Gasteiger partial charge in [0, 0.05) is 12.8 Å². The minimum Gasteiger partial charge on any atom is -0.466 e. The molecule has 0 bridgehead atoms. The largest absolute Gasteiger partial charge is 0.466 e. The summed E-state index contributed by atoms with van der Waals surface area (Å²) in [5.74, 6) is -0.167. The van der Waals surface area contributed by atoms with Gasteiger partial charge in [0.15, 0.2) is 6.29 Å². The molecule has 7 atom stereocenters. The third-order valence-corrected chi connectivity index (χ3v) is 19.5. The molecule has 0 spiro atoms. The highest BCUT2D eigenvalue weighted by Gasteiger charge is 2.44. The Morgan fingerprint density at radius 1 is 0.387 bits per heavy atom. The van der Waals surface area contributed by atoms with Gasteiger partial charge >= 0.3 is 5.97 Å². The molecule has 11 heteroatoms. The Balaban J connectivity index is 1.89. The van der Waals surface area contributed by atoms with Gasteiger partial charge in [0.1, 0.15) is 24.4 Å². The molecular formula is C82H155NO10. The van der Waals surface area contributed by atoms with Gasteiger partial charge in [0.25, 0.3) is 0 Å². The molecule has 93 heavy (non-hydrogen) atoms. The van der Waals surface area contributed by atoms with E-state index < -0.39 is 49.5 Å². The van der Waals surface area contributed by atoms with Crippen molar-refractivity contribution in [3.63, 3.8) is 0 Å². The molecule has 548 valence electrons. The van der Waals surface area contributed by atoms with Crippen molar-refractivity contribution in [1.82, 2.24) is 5.32 Å². The number of hydrogen-bond acceptors (Lipinski definition) is 10. The molecular weight excluding hydrogens is 1160 g/mol. The van der Waals surface area contributed by atoms with Gasteiger partial charge in [-0.15, -0.1) is 0 Å². The van der Waals surface area contributed by atoms with Gasteiger partial charge in [-0.1, -0.05) is 365 Å². The van der Waals surface area contributed by atoms with Crippen molar-refractivity contribution < 1.29 is 49.3 Å². The van der Waals surface area contributed by atoms with E-state index in [9.17, 15) is 35.1 Å². The SMILES string of the molecule is CCCCCCCCC/C=C/CC/C=C/C(O)C(COC1OC(CO)C(O)C(O)C1O)NC(=O)CCCCCCCCCCCCCCCCCCC/C=C\CCCCCCCCCCCCCCCCCCCCOC(=O)CCCCCCCCCCCCCCC. The van der Waals surface area contributed by atoms with E-state index in [1.807, 2.05) is 6.08 Å². The number of nitrogens with one attached hydrogen (secondary N) is 1. The second kappa shape index (κ2) is 71.2. The molecule has 0 radical (unpaired) electrons. The van der Waals surface area contributed by atoms with Crippen molar-refractivity contribution in [2.45, 2.75) is 455 Å². The Hall–Kier alpha value is -2.12. The molecule has 0 aromatic rings. The van der Waals surface area contributed by atoms with Crippen LogP contribution in [0.15, 0.2) is 36.5 Å². The van der Waals surface area contributed by atoms with E-state index in [4.69, 9.17) is 14.2 Å². The van der Waals surface area contributed by atoms with Crippen LogP contribution in [0.2, 0.25) is 0 Å². The average Bonchev–Trinajstić information content (AvgIpc) is 1.02. The summed E-state index contributed by atoms with van der Waals surface area (Å²) in [6.07, 6.45) is 83.3. The van der Waals surface area contributed by atoms with E-state index in [1.54, 1.807) is 6.08 Å². The first-order chi connectivity index (χ1) is 45.7. The zero-order valence-electron chi connectivity index (χ0n) is 61.2. The topological polar surface area (TPSA) is 175 Å². The first-order valence-corrected chi connectivity index (χ1v) is 40.8. The maximum atomic E-state index is 13.1. The summed E-state index contributed by atoms with van der Waals surface area (Å²) in [6, 6.07) is -0.824. The number of ether oxygens (including phenoxy) is 3. The molecule has 1 heterocycles. The van der Waals surface area contributed by atoms with Crippen LogP contribution in [0.5, 0.6) is 0 Å². The van der Waals surface area contributed by atoms with Gasteiger partial charge in [-0.3, -0.25) is 9.59 Å². The average molecular weight is 1320 g/mol. The normalized spacial score (nSPS) is 17.6. The molecule has 1 rings (SSSR count). The van der Waals surface area contributed by atoms with Crippen LogP contribution in [0.1, 0.15) is 412 Å². The van der Waals surface area contributed by atoms with Crippen LogP contribution >= 0.6 is 0 Å². The molecule has 1 saturated heterocycles. The van der Waals surface area contributed by atoms with E-state index in [1.165, 1.54) is 334 Å². The molecule has 0 aromatic heterocycles. The van der Waals surface area contributed by atoms with Gasteiger partial charge < -0.3 is 45.1 Å². The van der Waals surface area contributed by atoms with Gasteiger partial charge in [-0.2, -0.15) is 0 Å². The Morgan fingerprint density at radius 2 is 0.699 bits per heavy atom. The number of aliphatic hydroxyl groups is 5. The molecule has 1 fully saturated rings. The smallest absolute Gasteiger partial charge is 0.305 e. The van der Waals surface area contributed by atoms with Gasteiger partial charge in [0.2, 0.25) is 5.91 Å². The molecule has 1 aliphatic heterocycles. The minimum absolute atomic E-state index is 0.0188. The number of aliphatic hydroxyl groups excluding tert-OH is 5. The number of allylic oxidation sites excluding steroid dienone is 5. The van der Waals surface area contributed by atoms with Crippen LogP contribution in [0.3, 0.4) is 0 Å². The quantitative estimate of drug-likeness (QED) is 0.0195. The monoisotopic (exact) mass is 1310 g/mol. The predicted molar refractivity (Wildman–Crippen MR) is 394 cm³/mol. The number of esters is 1. The third-order valence-electron chi connectivity index (χ3n) is 19.5. The van der Waals surface area contributed by atoms with Crippen LogP contribution < -0.4 is 5.32 Å². The molecule has 0 aliphatic carbocycles. The highest BCUT2D eigenvalue weighted by atomic mass is 16.7. The van der Waals surface area contributed by atoms with Crippen LogP contribution in [0, 0.1) is 0 Å². The molecule has 0 aromatic carbocycles. The fourth-order valence-electron chi connectivity index (χ4n) is 13.1. The molecule has 6 N–H and O–H groups in total. The van der Waals surface area contributed by atoms with Crippen LogP contribution in [0.4, 0.5) is 0 Å². The highest BCUT2D eigenvalue weighted by Crippen LogP contribution is 2.24. The van der Waals surface area contributed by atoms with E-state index in [0.717, 1.165) is 51.4 Å². The lowest BCUT2D eigenvalue weighted by atomic mass is 9.99. The lowest BCUT2D eigenvalue weighted by molar-refractivity contribution is -0.302. The van der Waals surface area contributed by atoms with E-state index >= 15 is 0 Å². The first-order valence-electron chi connectivity index (χ1n) is 40.8. The van der Waals surface area contributed by atoms with Crippen LogP contribution in [-0.2, 0) is 23.8 Å². The molecule has 0 saturated carbocycles. The fraction of sp³-hybridized carbons (Fsp3) is 0.902. The highest BCUT2D eigenvalue weighted by molar-refractivity contribution is 5.76. The Morgan fingerprint density at radius 3 is 1.06 bits per heavy atom. The molecule has 7 unspecified atom stereocenters. The fourth-order valence-corrected chi connectivity index (χ4v) is 13.1. The summed E-state index contributed by atoms with van der Waals surface area (Å²) < 4.78 is 16.8. The summed E-state index contributed by atoms with van der Waals surface area (Å²) >= 11 is 0. The van der Waals surface area contributed by atoms with Crippen LogP contribution in [-0.4, -0.2) is 100 Å². The summed E-state index contributed by atoms with van der Waals surface area (Å²) in [5, 5.41) is 54.5. The molecule has 1 amide bonds. The maximum absolute atomic E-state index is 13.1. The Labute approximate surface area is 574 Å². The van der Waals surface area contributed by atoms with Crippen molar-refractivity contribution in [2.24, 2.45) is 0 Å². The number of rotatable bonds is 73. The third kappa shape index (κ3) is 59.6. The number of unbranched alkanes of at least 4 members (excludes halogenated alkanes) is 55. The van der Waals surface area contributed by atoms with Crippen molar-refractivity contribution in [3.8, 4) is 0 Å². The van der Waals surface area contributed by atoms with Crippen molar-refractivity contribution >= 4 is 11.9 Å². The number of hydrogen-bond donors (Lipinski definition) is 6.